The van der Waals surface area contributed by atoms with Crippen molar-refractivity contribution in [2.75, 3.05) is 17.7 Å². The molecule has 0 fully saturated rings. The monoisotopic (exact) mass is 276 g/mol. The highest BCUT2D eigenvalue weighted by molar-refractivity contribution is 9.10. The van der Waals surface area contributed by atoms with Crippen LogP contribution in [0.3, 0.4) is 0 Å². The number of nitrogen functional groups attached to an aromatic ring is 1. The zero-order valence-electron chi connectivity index (χ0n) is 8.64. The number of halogens is 2. The fourth-order valence-corrected chi connectivity index (χ4v) is 1.42. The van der Waals surface area contributed by atoms with Crippen LogP contribution in [0.15, 0.2) is 16.6 Å². The van der Waals surface area contributed by atoms with Crippen LogP contribution in [0.25, 0.3) is 0 Å². The molecule has 3 nitrogen and oxygen atoms in total. The number of nitrogens with one attached hydrogen (secondary N) is 1. The molecule has 0 radical (unpaired) electrons. The quantitative estimate of drug-likeness (QED) is 0.743. The van der Waals surface area contributed by atoms with Crippen LogP contribution in [-0.4, -0.2) is 17.3 Å². The van der Waals surface area contributed by atoms with Crippen molar-refractivity contribution in [3.8, 4) is 0 Å². The van der Waals surface area contributed by atoms with Crippen LogP contribution in [-0.2, 0) is 0 Å². The minimum atomic E-state index is -0.495. The Morgan fingerprint density at radius 3 is 2.67 bits per heavy atom. The number of rotatable bonds is 3. The van der Waals surface area contributed by atoms with Gasteiger partial charge in [-0.3, -0.25) is 0 Å². The van der Waals surface area contributed by atoms with Gasteiger partial charge >= 0.3 is 0 Å². The SMILES string of the molecule is CC(C)(CO)Nc1cc(Br)c(F)cc1N. The molecule has 0 amide bonds. The molecule has 84 valence electrons. The molecule has 0 aliphatic heterocycles. The van der Waals surface area contributed by atoms with Crippen LogP contribution in [0, 0.1) is 5.82 Å². The second-order valence-electron chi connectivity index (χ2n) is 4.02. The first-order chi connectivity index (χ1) is 6.85. The molecule has 5 heteroatoms. The highest BCUT2D eigenvalue weighted by atomic mass is 79.9. The van der Waals surface area contributed by atoms with E-state index in [9.17, 15) is 4.39 Å². The number of aliphatic hydroxyl groups is 1. The average molecular weight is 277 g/mol. The van der Waals surface area contributed by atoms with E-state index in [-0.39, 0.29) is 6.61 Å². The van der Waals surface area contributed by atoms with Crippen molar-refractivity contribution >= 4 is 27.3 Å². The van der Waals surface area contributed by atoms with E-state index in [1.165, 1.54) is 6.07 Å². The molecule has 4 N–H and O–H groups in total. The van der Waals surface area contributed by atoms with Gasteiger partial charge in [-0.15, -0.1) is 0 Å². The normalized spacial score (nSPS) is 11.5. The smallest absolute Gasteiger partial charge is 0.139 e. The van der Waals surface area contributed by atoms with E-state index in [4.69, 9.17) is 10.8 Å². The Morgan fingerprint density at radius 1 is 1.53 bits per heavy atom. The summed E-state index contributed by atoms with van der Waals surface area (Å²) in [6.45, 7) is 3.61. The second-order valence-corrected chi connectivity index (χ2v) is 4.87. The lowest BCUT2D eigenvalue weighted by molar-refractivity contribution is 0.234. The van der Waals surface area contributed by atoms with Crippen molar-refractivity contribution in [2.24, 2.45) is 0 Å². The molecule has 1 aromatic rings. The molecule has 0 aromatic heterocycles. The predicted octanol–water partition coefficient (Wildman–Crippen LogP) is 2.35. The summed E-state index contributed by atoms with van der Waals surface area (Å²) in [4.78, 5) is 0. The van der Waals surface area contributed by atoms with Gasteiger partial charge in [-0.25, -0.2) is 4.39 Å². The van der Waals surface area contributed by atoms with Gasteiger partial charge in [0.05, 0.1) is 28.0 Å². The first-order valence-corrected chi connectivity index (χ1v) is 5.28. The Kier molecular flexibility index (Phi) is 3.57. The second kappa shape index (κ2) is 4.37. The first kappa shape index (κ1) is 12.3. The standard InChI is InChI=1S/C10H14BrFN2O/c1-10(2,5-15)14-9-3-6(11)7(12)4-8(9)13/h3-4,14-15H,5,13H2,1-2H3. The van der Waals surface area contributed by atoms with Crippen molar-refractivity contribution in [1.29, 1.82) is 0 Å². The van der Waals surface area contributed by atoms with Crippen LogP contribution in [0.4, 0.5) is 15.8 Å². The summed E-state index contributed by atoms with van der Waals surface area (Å²) in [6.07, 6.45) is 0. The summed E-state index contributed by atoms with van der Waals surface area (Å²) in [5.41, 5.74) is 6.07. The fourth-order valence-electron chi connectivity index (χ4n) is 1.07. The van der Waals surface area contributed by atoms with Crippen molar-refractivity contribution in [1.82, 2.24) is 0 Å². The first-order valence-electron chi connectivity index (χ1n) is 4.49. The minimum absolute atomic E-state index is 0.0402. The molecule has 0 atom stereocenters. The average Bonchev–Trinajstić information content (AvgIpc) is 2.14. The maximum Gasteiger partial charge on any atom is 0.139 e. The van der Waals surface area contributed by atoms with Crippen LogP contribution in [0.1, 0.15) is 13.8 Å². The van der Waals surface area contributed by atoms with Crippen molar-refractivity contribution < 1.29 is 9.50 Å². The lowest BCUT2D eigenvalue weighted by atomic mass is 10.1. The molecule has 0 aliphatic carbocycles. The van der Waals surface area contributed by atoms with E-state index in [0.717, 1.165) is 0 Å². The number of aliphatic hydroxyl groups excluding tert-OH is 1. The zero-order valence-corrected chi connectivity index (χ0v) is 10.2. The van der Waals surface area contributed by atoms with E-state index in [1.54, 1.807) is 6.07 Å². The summed E-state index contributed by atoms with van der Waals surface area (Å²) < 4.78 is 13.4. The molecule has 15 heavy (non-hydrogen) atoms. The van der Waals surface area contributed by atoms with Crippen molar-refractivity contribution in [2.45, 2.75) is 19.4 Å². The number of hydrogen-bond acceptors (Lipinski definition) is 3. The number of nitrogens with two attached hydrogens (primary N) is 1. The topological polar surface area (TPSA) is 58.3 Å². The Bertz CT molecular complexity index is 369. The largest absolute Gasteiger partial charge is 0.397 e. The third-order valence-electron chi connectivity index (χ3n) is 1.96. The van der Waals surface area contributed by atoms with Crippen LogP contribution >= 0.6 is 15.9 Å². The summed E-state index contributed by atoms with van der Waals surface area (Å²) in [6, 6.07) is 2.79. The van der Waals surface area contributed by atoms with Gasteiger partial charge in [-0.1, -0.05) is 0 Å². The van der Waals surface area contributed by atoms with Crippen LogP contribution in [0.2, 0.25) is 0 Å². The van der Waals surface area contributed by atoms with Crippen molar-refractivity contribution in [3.05, 3.63) is 22.4 Å². The lowest BCUT2D eigenvalue weighted by Crippen LogP contribution is -2.35. The molecule has 0 heterocycles. The zero-order chi connectivity index (χ0) is 11.6. The number of benzene rings is 1. The van der Waals surface area contributed by atoms with E-state index < -0.39 is 11.4 Å². The van der Waals surface area contributed by atoms with Gasteiger partial charge in [0.2, 0.25) is 0 Å². The Hall–Kier alpha value is -0.810. The third-order valence-corrected chi connectivity index (χ3v) is 2.57. The molecule has 0 spiro atoms. The minimum Gasteiger partial charge on any atom is -0.397 e. The Balaban J connectivity index is 3.01. The van der Waals surface area contributed by atoms with E-state index in [2.05, 4.69) is 21.2 Å². The van der Waals surface area contributed by atoms with E-state index >= 15 is 0 Å². The molecule has 0 aliphatic rings. The fraction of sp³-hybridized carbons (Fsp3) is 0.400. The molecule has 1 rings (SSSR count). The highest BCUT2D eigenvalue weighted by Crippen LogP contribution is 2.28. The van der Waals surface area contributed by atoms with E-state index in [1.807, 2.05) is 13.8 Å². The molecule has 0 bridgehead atoms. The summed E-state index contributed by atoms with van der Waals surface area (Å²) in [5.74, 6) is -0.403. The van der Waals surface area contributed by atoms with Crippen LogP contribution in [0.5, 0.6) is 0 Å². The Morgan fingerprint density at radius 2 is 2.13 bits per heavy atom. The number of hydrogen-bond donors (Lipinski definition) is 3. The summed E-state index contributed by atoms with van der Waals surface area (Å²) >= 11 is 3.08. The third kappa shape index (κ3) is 3.07. The Labute approximate surface area is 96.6 Å². The molecule has 0 unspecified atom stereocenters. The molecular weight excluding hydrogens is 263 g/mol. The molecular formula is C10H14BrFN2O. The molecule has 0 saturated heterocycles. The lowest BCUT2D eigenvalue weighted by Gasteiger charge is -2.26. The highest BCUT2D eigenvalue weighted by Gasteiger charge is 2.17. The van der Waals surface area contributed by atoms with Gasteiger partial charge < -0.3 is 16.2 Å². The van der Waals surface area contributed by atoms with Crippen molar-refractivity contribution in [3.63, 3.8) is 0 Å². The van der Waals surface area contributed by atoms with E-state index in [0.29, 0.717) is 15.8 Å². The summed E-state index contributed by atoms with van der Waals surface area (Å²) in [5, 5.41) is 12.1. The van der Waals surface area contributed by atoms with Gasteiger partial charge in [0.25, 0.3) is 0 Å². The van der Waals surface area contributed by atoms with Gasteiger partial charge in [0.1, 0.15) is 5.82 Å². The number of anilines is 2. The molecule has 0 saturated carbocycles. The maximum atomic E-state index is 13.1. The summed E-state index contributed by atoms with van der Waals surface area (Å²) in [7, 11) is 0. The van der Waals surface area contributed by atoms with Gasteiger partial charge in [0.15, 0.2) is 0 Å². The maximum absolute atomic E-state index is 13.1. The van der Waals surface area contributed by atoms with Crippen LogP contribution < -0.4 is 11.1 Å². The van der Waals surface area contributed by atoms with Gasteiger partial charge in [0, 0.05) is 6.07 Å². The molecule has 1 aromatic carbocycles. The predicted molar refractivity (Wildman–Crippen MR) is 63.3 cm³/mol. The van der Waals surface area contributed by atoms with Gasteiger partial charge in [-0.05, 0) is 35.8 Å². The van der Waals surface area contributed by atoms with Gasteiger partial charge in [-0.2, -0.15) is 0 Å².